The van der Waals surface area contributed by atoms with Crippen LogP contribution >= 0.6 is 0 Å². The van der Waals surface area contributed by atoms with Gasteiger partial charge in [0.15, 0.2) is 11.5 Å². The summed E-state index contributed by atoms with van der Waals surface area (Å²) in [5, 5.41) is 10.00. The number of benzene rings is 1. The Labute approximate surface area is 130 Å². The topological polar surface area (TPSA) is 60.8 Å². The van der Waals surface area contributed by atoms with Crippen LogP contribution in [-0.2, 0) is 6.42 Å². The molecule has 0 amide bonds. The molecule has 118 valence electrons. The minimum Gasteiger partial charge on any atom is -0.493 e. The van der Waals surface area contributed by atoms with E-state index >= 15 is 0 Å². The van der Waals surface area contributed by atoms with Crippen LogP contribution in [0.3, 0.4) is 0 Å². The fraction of sp³-hybridized carbons (Fsp3) is 0.353. The number of pyridine rings is 1. The van der Waals surface area contributed by atoms with Gasteiger partial charge in [-0.1, -0.05) is 6.07 Å². The molecule has 0 saturated carbocycles. The number of nitrogens with zero attached hydrogens (tertiary/aromatic N) is 1. The van der Waals surface area contributed by atoms with Gasteiger partial charge in [0.25, 0.3) is 0 Å². The summed E-state index contributed by atoms with van der Waals surface area (Å²) in [6, 6.07) is 9.19. The summed E-state index contributed by atoms with van der Waals surface area (Å²) in [5.41, 5.74) is 1.10. The molecule has 2 aromatic rings. The number of aliphatic hydroxyl groups excluding tert-OH is 1. The highest BCUT2D eigenvalue weighted by Crippen LogP contribution is 2.30. The highest BCUT2D eigenvalue weighted by Gasteiger charge is 2.09. The normalized spacial score (nSPS) is 11.8. The highest BCUT2D eigenvalue weighted by molar-refractivity contribution is 5.45. The molecule has 5 nitrogen and oxygen atoms in total. The molecule has 0 saturated heterocycles. The molecule has 0 fully saturated rings. The molecular formula is C17H21NO4. The Morgan fingerprint density at radius 3 is 2.64 bits per heavy atom. The number of aryl methyl sites for hydroxylation is 1. The minimum atomic E-state index is -0.534. The number of hydrogen-bond acceptors (Lipinski definition) is 5. The third kappa shape index (κ3) is 4.63. The molecule has 0 bridgehead atoms. The van der Waals surface area contributed by atoms with Crippen molar-refractivity contribution in [2.24, 2.45) is 0 Å². The Hall–Kier alpha value is -2.27. The first-order valence-corrected chi connectivity index (χ1v) is 7.14. The van der Waals surface area contributed by atoms with Crippen molar-refractivity contribution in [3.8, 4) is 17.2 Å². The van der Waals surface area contributed by atoms with Crippen molar-refractivity contribution in [1.82, 2.24) is 4.98 Å². The van der Waals surface area contributed by atoms with E-state index in [0.29, 0.717) is 23.7 Å². The van der Waals surface area contributed by atoms with Crippen LogP contribution in [0.1, 0.15) is 12.0 Å². The smallest absolute Gasteiger partial charge is 0.164 e. The average molecular weight is 303 g/mol. The number of aromatic nitrogens is 1. The van der Waals surface area contributed by atoms with Gasteiger partial charge in [-0.3, -0.25) is 4.98 Å². The molecule has 1 unspecified atom stereocenters. The van der Waals surface area contributed by atoms with E-state index in [-0.39, 0.29) is 6.61 Å². The molecule has 22 heavy (non-hydrogen) atoms. The van der Waals surface area contributed by atoms with Crippen molar-refractivity contribution in [2.45, 2.75) is 18.9 Å². The monoisotopic (exact) mass is 303 g/mol. The Morgan fingerprint density at radius 1 is 1.14 bits per heavy atom. The lowest BCUT2D eigenvalue weighted by atomic mass is 10.1. The number of aliphatic hydroxyl groups is 1. The second-order valence-corrected chi connectivity index (χ2v) is 4.88. The number of hydrogen-bond donors (Lipinski definition) is 1. The van der Waals surface area contributed by atoms with E-state index < -0.39 is 6.10 Å². The second-order valence-electron chi connectivity index (χ2n) is 4.88. The zero-order chi connectivity index (χ0) is 15.8. The minimum absolute atomic E-state index is 0.232. The van der Waals surface area contributed by atoms with E-state index in [1.807, 2.05) is 18.3 Å². The molecule has 0 radical (unpaired) electrons. The van der Waals surface area contributed by atoms with Gasteiger partial charge in [0.05, 0.1) is 20.3 Å². The Balaban J connectivity index is 1.82. The van der Waals surface area contributed by atoms with Gasteiger partial charge in [-0.25, -0.2) is 0 Å². The summed E-state index contributed by atoms with van der Waals surface area (Å²) in [6.45, 7) is 0.232. The summed E-state index contributed by atoms with van der Waals surface area (Å²) >= 11 is 0. The molecule has 2 rings (SSSR count). The molecular weight excluding hydrogens is 282 g/mol. The largest absolute Gasteiger partial charge is 0.493 e. The fourth-order valence-electron chi connectivity index (χ4n) is 2.06. The zero-order valence-corrected chi connectivity index (χ0v) is 12.9. The second kappa shape index (κ2) is 8.24. The van der Waals surface area contributed by atoms with Gasteiger partial charge in [0.2, 0.25) is 0 Å². The first-order chi connectivity index (χ1) is 10.7. The van der Waals surface area contributed by atoms with E-state index in [2.05, 4.69) is 4.98 Å². The molecule has 0 spiro atoms. The van der Waals surface area contributed by atoms with Crippen LogP contribution in [-0.4, -0.2) is 37.0 Å². The molecule has 0 aliphatic carbocycles. The van der Waals surface area contributed by atoms with Crippen LogP contribution in [0.5, 0.6) is 17.2 Å². The van der Waals surface area contributed by atoms with Gasteiger partial charge >= 0.3 is 0 Å². The molecule has 5 heteroatoms. The molecule has 0 aliphatic heterocycles. The number of methoxy groups -OCH3 is 2. The molecule has 1 aromatic carbocycles. The SMILES string of the molecule is COc1ccc(OCC(O)CCc2cccnc2)cc1OC. The van der Waals surface area contributed by atoms with E-state index in [1.165, 1.54) is 0 Å². The van der Waals surface area contributed by atoms with Crippen molar-refractivity contribution in [3.05, 3.63) is 48.3 Å². The van der Waals surface area contributed by atoms with Crippen LogP contribution in [0.15, 0.2) is 42.7 Å². The van der Waals surface area contributed by atoms with Crippen LogP contribution in [0.4, 0.5) is 0 Å². The lowest BCUT2D eigenvalue weighted by molar-refractivity contribution is 0.100. The molecule has 1 atom stereocenters. The summed E-state index contributed by atoms with van der Waals surface area (Å²) in [5.74, 6) is 1.88. The molecule has 1 heterocycles. The maximum Gasteiger partial charge on any atom is 0.164 e. The Kier molecular flexibility index (Phi) is 6.03. The number of rotatable bonds is 8. The van der Waals surface area contributed by atoms with Gasteiger partial charge in [0, 0.05) is 18.5 Å². The lowest BCUT2D eigenvalue weighted by Gasteiger charge is -2.14. The summed E-state index contributed by atoms with van der Waals surface area (Å²) in [4.78, 5) is 4.05. The summed E-state index contributed by atoms with van der Waals surface area (Å²) in [6.07, 6.45) is 4.40. The third-order valence-electron chi connectivity index (χ3n) is 3.29. The first kappa shape index (κ1) is 16.1. The summed E-state index contributed by atoms with van der Waals surface area (Å²) < 4.78 is 16.0. The average Bonchev–Trinajstić information content (AvgIpc) is 2.58. The van der Waals surface area contributed by atoms with Gasteiger partial charge in [-0.05, 0) is 36.6 Å². The zero-order valence-electron chi connectivity index (χ0n) is 12.9. The van der Waals surface area contributed by atoms with Crippen molar-refractivity contribution in [1.29, 1.82) is 0 Å². The van der Waals surface area contributed by atoms with Gasteiger partial charge in [0.1, 0.15) is 12.4 Å². The van der Waals surface area contributed by atoms with Crippen molar-refractivity contribution < 1.29 is 19.3 Å². The lowest BCUT2D eigenvalue weighted by Crippen LogP contribution is -2.18. The predicted molar refractivity (Wildman–Crippen MR) is 83.6 cm³/mol. The maximum absolute atomic E-state index is 10.00. The van der Waals surface area contributed by atoms with E-state index in [9.17, 15) is 5.11 Å². The van der Waals surface area contributed by atoms with Gasteiger partial charge in [-0.15, -0.1) is 0 Å². The number of ether oxygens (including phenoxy) is 3. The molecule has 1 N–H and O–H groups in total. The summed E-state index contributed by atoms with van der Waals surface area (Å²) in [7, 11) is 3.16. The predicted octanol–water partition coefficient (Wildman–Crippen LogP) is 2.47. The van der Waals surface area contributed by atoms with E-state index in [4.69, 9.17) is 14.2 Å². The highest BCUT2D eigenvalue weighted by atomic mass is 16.5. The standard InChI is InChI=1S/C17H21NO4/c1-20-16-8-7-15(10-17(16)21-2)22-12-14(19)6-5-13-4-3-9-18-11-13/h3-4,7-11,14,19H,5-6,12H2,1-2H3. The fourth-order valence-corrected chi connectivity index (χ4v) is 2.06. The Morgan fingerprint density at radius 2 is 1.95 bits per heavy atom. The van der Waals surface area contributed by atoms with Crippen molar-refractivity contribution in [2.75, 3.05) is 20.8 Å². The molecule has 1 aromatic heterocycles. The Bertz CT molecular complexity index is 574. The van der Waals surface area contributed by atoms with Crippen molar-refractivity contribution >= 4 is 0 Å². The quantitative estimate of drug-likeness (QED) is 0.812. The van der Waals surface area contributed by atoms with E-state index in [0.717, 1.165) is 12.0 Å². The maximum atomic E-state index is 10.00. The van der Waals surface area contributed by atoms with Crippen LogP contribution in [0, 0.1) is 0 Å². The van der Waals surface area contributed by atoms with Gasteiger partial charge < -0.3 is 19.3 Å². The third-order valence-corrected chi connectivity index (χ3v) is 3.29. The van der Waals surface area contributed by atoms with Crippen LogP contribution < -0.4 is 14.2 Å². The van der Waals surface area contributed by atoms with Crippen molar-refractivity contribution in [3.63, 3.8) is 0 Å². The van der Waals surface area contributed by atoms with E-state index in [1.54, 1.807) is 38.6 Å². The van der Waals surface area contributed by atoms with Crippen LogP contribution in [0.2, 0.25) is 0 Å². The van der Waals surface area contributed by atoms with Gasteiger partial charge in [-0.2, -0.15) is 0 Å². The first-order valence-electron chi connectivity index (χ1n) is 7.14. The van der Waals surface area contributed by atoms with Crippen LogP contribution in [0.25, 0.3) is 0 Å². The molecule has 0 aliphatic rings.